The molecule has 1 aromatic carbocycles. The Labute approximate surface area is 212 Å². The fourth-order valence-corrected chi connectivity index (χ4v) is 5.16. The van der Waals surface area contributed by atoms with Gasteiger partial charge in [0, 0.05) is 43.5 Å². The molecule has 2 saturated heterocycles. The summed E-state index contributed by atoms with van der Waals surface area (Å²) in [5.41, 5.74) is 3.37. The van der Waals surface area contributed by atoms with Crippen molar-refractivity contribution in [2.45, 2.75) is 51.4 Å². The van der Waals surface area contributed by atoms with E-state index in [0.29, 0.717) is 42.8 Å². The number of anilines is 4. The van der Waals surface area contributed by atoms with Crippen LogP contribution in [0.5, 0.6) is 5.75 Å². The van der Waals surface area contributed by atoms with Crippen LogP contribution in [0.25, 0.3) is 11.2 Å². The number of hydrogen-bond donors (Lipinski definition) is 1. The number of benzene rings is 1. The monoisotopic (exact) mass is 496 g/mol. The minimum atomic E-state index is -0.855. The lowest BCUT2D eigenvalue weighted by Crippen LogP contribution is -2.41. The van der Waals surface area contributed by atoms with E-state index in [4.69, 9.17) is 14.7 Å². The Balaban J connectivity index is 1.45. The molecule has 3 aromatic rings. The van der Waals surface area contributed by atoms with Crippen LogP contribution in [-0.4, -0.2) is 84.0 Å². The first-order valence-electron chi connectivity index (χ1n) is 12.8. The van der Waals surface area contributed by atoms with Gasteiger partial charge in [0.25, 0.3) is 0 Å². The molecule has 194 valence electrons. The van der Waals surface area contributed by atoms with Crippen LogP contribution in [0.4, 0.5) is 27.5 Å². The van der Waals surface area contributed by atoms with Crippen molar-refractivity contribution in [2.24, 2.45) is 0 Å². The van der Waals surface area contributed by atoms with Crippen LogP contribution in [-0.2, 0) is 0 Å². The molecule has 1 atom stereocenters. The van der Waals surface area contributed by atoms with Crippen molar-refractivity contribution < 1.29 is 9.13 Å². The molecular formula is C26H37FN8O. The van der Waals surface area contributed by atoms with Crippen molar-refractivity contribution in [1.82, 2.24) is 24.4 Å². The van der Waals surface area contributed by atoms with Crippen molar-refractivity contribution in [1.29, 1.82) is 0 Å². The largest absolute Gasteiger partial charge is 0.494 e. The number of alkyl halides is 1. The third-order valence-corrected chi connectivity index (χ3v) is 7.38. The zero-order valence-corrected chi connectivity index (χ0v) is 21.9. The Bertz CT molecular complexity index is 1200. The number of methoxy groups -OCH3 is 1. The van der Waals surface area contributed by atoms with Gasteiger partial charge in [-0.2, -0.15) is 9.97 Å². The molecule has 0 amide bonds. The van der Waals surface area contributed by atoms with Crippen LogP contribution in [0.15, 0.2) is 24.5 Å². The van der Waals surface area contributed by atoms with Crippen LogP contribution < -0.4 is 19.9 Å². The van der Waals surface area contributed by atoms with Gasteiger partial charge in [0.2, 0.25) is 5.95 Å². The summed E-state index contributed by atoms with van der Waals surface area (Å²) in [5, 5.41) is 3.45. The summed E-state index contributed by atoms with van der Waals surface area (Å²) in [7, 11) is 6.00. The molecule has 0 spiro atoms. The number of hydrogen-bond acceptors (Lipinski definition) is 8. The zero-order chi connectivity index (χ0) is 25.4. The number of piperidine rings is 1. The predicted molar refractivity (Wildman–Crippen MR) is 143 cm³/mol. The first-order valence-corrected chi connectivity index (χ1v) is 12.8. The Kier molecular flexibility index (Phi) is 6.87. The number of rotatable bonds is 7. The van der Waals surface area contributed by atoms with Crippen molar-refractivity contribution in [3.05, 3.63) is 24.5 Å². The third-order valence-electron chi connectivity index (χ3n) is 7.38. The molecule has 0 aliphatic carbocycles. The lowest BCUT2D eigenvalue weighted by Gasteiger charge is -2.36. The smallest absolute Gasteiger partial charge is 0.229 e. The van der Waals surface area contributed by atoms with E-state index in [2.05, 4.69) is 60.2 Å². The highest BCUT2D eigenvalue weighted by Crippen LogP contribution is 2.35. The van der Waals surface area contributed by atoms with E-state index in [9.17, 15) is 4.39 Å². The number of fused-ring (bicyclic) bond motifs is 1. The van der Waals surface area contributed by atoms with E-state index in [0.717, 1.165) is 48.7 Å². The highest BCUT2D eigenvalue weighted by Gasteiger charge is 2.27. The molecule has 4 heterocycles. The predicted octanol–water partition coefficient (Wildman–Crippen LogP) is 4.24. The van der Waals surface area contributed by atoms with Crippen molar-refractivity contribution in [3.8, 4) is 5.75 Å². The molecule has 0 bridgehead atoms. The number of imidazole rings is 1. The van der Waals surface area contributed by atoms with Gasteiger partial charge in [0.1, 0.15) is 11.9 Å². The number of aromatic nitrogens is 4. The minimum absolute atomic E-state index is 0.184. The molecule has 0 radical (unpaired) electrons. The van der Waals surface area contributed by atoms with Gasteiger partial charge in [-0.15, -0.1) is 0 Å². The third kappa shape index (κ3) is 4.78. The lowest BCUT2D eigenvalue weighted by atomic mass is 10.0. The van der Waals surface area contributed by atoms with Crippen LogP contribution in [0.2, 0.25) is 0 Å². The summed E-state index contributed by atoms with van der Waals surface area (Å²) in [6.07, 6.45) is 3.72. The number of halogens is 1. The van der Waals surface area contributed by atoms with Gasteiger partial charge in [0.15, 0.2) is 17.0 Å². The second kappa shape index (κ2) is 10.1. The summed E-state index contributed by atoms with van der Waals surface area (Å²) in [6, 6.07) is 7.06. The van der Waals surface area contributed by atoms with Gasteiger partial charge in [-0.1, -0.05) is 0 Å². The highest BCUT2D eigenvalue weighted by molar-refractivity contribution is 5.88. The van der Waals surface area contributed by atoms with Crippen molar-refractivity contribution in [3.63, 3.8) is 0 Å². The molecule has 2 aliphatic rings. The normalized spacial score (nSPS) is 19.2. The number of ether oxygens (including phenoxy) is 1. The first-order chi connectivity index (χ1) is 17.3. The summed E-state index contributed by atoms with van der Waals surface area (Å²) >= 11 is 0. The second-order valence-electron chi connectivity index (χ2n) is 10.3. The van der Waals surface area contributed by atoms with Crippen LogP contribution in [0, 0.1) is 0 Å². The summed E-state index contributed by atoms with van der Waals surface area (Å²) in [5.74, 6) is 1.85. The molecule has 10 heteroatoms. The van der Waals surface area contributed by atoms with Gasteiger partial charge in [-0.25, -0.2) is 9.37 Å². The van der Waals surface area contributed by atoms with Crippen molar-refractivity contribution >= 4 is 34.3 Å². The van der Waals surface area contributed by atoms with E-state index < -0.39 is 6.17 Å². The first kappa shape index (κ1) is 24.5. The molecule has 5 rings (SSSR count). The maximum Gasteiger partial charge on any atom is 0.229 e. The van der Waals surface area contributed by atoms with Gasteiger partial charge >= 0.3 is 0 Å². The lowest BCUT2D eigenvalue weighted by molar-refractivity contribution is 0.249. The van der Waals surface area contributed by atoms with Crippen LogP contribution >= 0.6 is 0 Å². The molecule has 1 N–H and O–H groups in total. The summed E-state index contributed by atoms with van der Waals surface area (Å²) in [4.78, 5) is 20.8. The van der Waals surface area contributed by atoms with Crippen LogP contribution in [0.3, 0.4) is 0 Å². The fourth-order valence-electron chi connectivity index (χ4n) is 5.16. The quantitative estimate of drug-likeness (QED) is 0.521. The summed E-state index contributed by atoms with van der Waals surface area (Å²) < 4.78 is 21.8. The second-order valence-corrected chi connectivity index (χ2v) is 10.3. The highest BCUT2D eigenvalue weighted by atomic mass is 19.1. The number of nitrogens with zero attached hydrogens (tertiary/aromatic N) is 7. The van der Waals surface area contributed by atoms with E-state index in [1.165, 1.54) is 0 Å². The van der Waals surface area contributed by atoms with Gasteiger partial charge in [-0.3, -0.25) is 0 Å². The average molecular weight is 497 g/mol. The van der Waals surface area contributed by atoms with E-state index >= 15 is 0 Å². The Morgan fingerprint density at radius 2 is 1.83 bits per heavy atom. The molecule has 2 aliphatic heterocycles. The van der Waals surface area contributed by atoms with E-state index in [-0.39, 0.29) is 6.04 Å². The average Bonchev–Trinajstić information content (AvgIpc) is 3.51. The zero-order valence-electron chi connectivity index (χ0n) is 21.9. The van der Waals surface area contributed by atoms with E-state index in [1.54, 1.807) is 13.4 Å². The topological polar surface area (TPSA) is 74.6 Å². The Morgan fingerprint density at radius 1 is 1.08 bits per heavy atom. The molecule has 0 saturated carbocycles. The van der Waals surface area contributed by atoms with Crippen LogP contribution in [0.1, 0.15) is 39.2 Å². The Morgan fingerprint density at radius 3 is 2.47 bits per heavy atom. The van der Waals surface area contributed by atoms with Crippen molar-refractivity contribution in [2.75, 3.05) is 62.5 Å². The standard InChI is InChI=1S/C26H37FN8O/c1-17(2)35-16-28-23-24(30-26(31-25(23)35)34-11-8-18(27)15-34)29-21-7-6-20(14-22(21)36-5)33-12-9-19(10-13-33)32(3)4/h6-7,14,16-19H,8-13,15H2,1-5H3,(H,29,30,31). The molecule has 36 heavy (non-hydrogen) atoms. The van der Waals surface area contributed by atoms with Gasteiger partial charge in [-0.05, 0) is 59.3 Å². The maximum absolute atomic E-state index is 14.0. The maximum atomic E-state index is 14.0. The molecule has 1 unspecified atom stereocenters. The molecule has 2 aromatic heterocycles. The molecule has 9 nitrogen and oxygen atoms in total. The van der Waals surface area contributed by atoms with Gasteiger partial charge < -0.3 is 29.3 Å². The minimum Gasteiger partial charge on any atom is -0.494 e. The number of nitrogens with one attached hydrogen (secondary N) is 1. The Hall–Kier alpha value is -3.14. The van der Waals surface area contributed by atoms with E-state index in [1.807, 2.05) is 15.5 Å². The van der Waals surface area contributed by atoms with Gasteiger partial charge in [0.05, 0.1) is 25.7 Å². The summed E-state index contributed by atoms with van der Waals surface area (Å²) in [6.45, 7) is 7.13. The molecular weight excluding hydrogens is 459 g/mol. The SMILES string of the molecule is COc1cc(N2CCC(N(C)C)CC2)ccc1Nc1nc(N2CCC(F)C2)nc2c1ncn2C(C)C. The molecule has 2 fully saturated rings. The fraction of sp³-hybridized carbons (Fsp3) is 0.577.